The van der Waals surface area contributed by atoms with E-state index in [0.717, 1.165) is 19.2 Å². The average Bonchev–Trinajstić information content (AvgIpc) is 2.59. The third kappa shape index (κ3) is 5.45. The molecule has 0 saturated carbocycles. The Labute approximate surface area is 165 Å². The predicted molar refractivity (Wildman–Crippen MR) is 88.8 cm³/mol. The van der Waals surface area contributed by atoms with E-state index in [2.05, 4.69) is 4.98 Å². The minimum atomic E-state index is -5.07. The summed E-state index contributed by atoms with van der Waals surface area (Å²) < 4.78 is 110. The Hall–Kier alpha value is -2.72. The molecule has 1 atom stereocenters. The molecular formula is C19H15F8NO2. The van der Waals surface area contributed by atoms with E-state index in [-0.39, 0.29) is 11.6 Å². The van der Waals surface area contributed by atoms with Crippen LogP contribution in [0, 0.1) is 6.92 Å². The normalized spacial score (nSPS) is 13.8. The maximum Gasteiger partial charge on any atom is 0.416 e. The number of ether oxygens (including phenoxy) is 1. The highest BCUT2D eigenvalue weighted by atomic mass is 19.4. The number of halogens is 8. The molecule has 2 rings (SSSR count). The predicted octanol–water partition coefficient (Wildman–Crippen LogP) is 6.46. The second kappa shape index (κ2) is 7.84. The van der Waals surface area contributed by atoms with Crippen molar-refractivity contribution in [3.05, 3.63) is 64.0 Å². The van der Waals surface area contributed by atoms with Gasteiger partial charge in [0.25, 0.3) is 5.92 Å². The van der Waals surface area contributed by atoms with Crippen LogP contribution in [0.5, 0.6) is 0 Å². The van der Waals surface area contributed by atoms with Crippen LogP contribution in [0.4, 0.5) is 35.1 Å². The molecule has 0 bridgehead atoms. The van der Waals surface area contributed by atoms with Crippen molar-refractivity contribution in [3.63, 3.8) is 0 Å². The fraction of sp³-hybridized carbons (Fsp3) is 0.368. The van der Waals surface area contributed by atoms with Gasteiger partial charge >= 0.3 is 18.3 Å². The summed E-state index contributed by atoms with van der Waals surface area (Å²) in [6, 6.07) is 1.54. The Balaban J connectivity index is 2.38. The van der Waals surface area contributed by atoms with E-state index in [1.807, 2.05) is 0 Å². The molecule has 0 fully saturated rings. The summed E-state index contributed by atoms with van der Waals surface area (Å²) in [5.41, 5.74) is -4.71. The minimum absolute atomic E-state index is 0.0603. The third-order valence-electron chi connectivity index (χ3n) is 4.15. The van der Waals surface area contributed by atoms with E-state index in [9.17, 15) is 39.9 Å². The Kier molecular flexibility index (Phi) is 6.16. The number of nitrogens with zero attached hydrogens (tertiary/aromatic N) is 1. The van der Waals surface area contributed by atoms with E-state index in [0.29, 0.717) is 19.1 Å². The summed E-state index contributed by atoms with van der Waals surface area (Å²) in [6.07, 6.45) is -10.7. The molecule has 0 spiro atoms. The molecule has 0 aliphatic carbocycles. The molecule has 30 heavy (non-hydrogen) atoms. The van der Waals surface area contributed by atoms with Gasteiger partial charge in [-0.25, -0.2) is 18.6 Å². The number of aromatic nitrogens is 1. The van der Waals surface area contributed by atoms with Gasteiger partial charge in [0.05, 0.1) is 11.1 Å². The minimum Gasteiger partial charge on any atom is -0.453 e. The van der Waals surface area contributed by atoms with Crippen LogP contribution in [0.1, 0.15) is 58.3 Å². The number of carbonyl (C=O) groups excluding carboxylic acids is 1. The van der Waals surface area contributed by atoms with Gasteiger partial charge in [-0.2, -0.15) is 26.3 Å². The Bertz CT molecular complexity index is 913. The van der Waals surface area contributed by atoms with Gasteiger partial charge in [-0.1, -0.05) is 0 Å². The van der Waals surface area contributed by atoms with Crippen molar-refractivity contribution >= 4 is 5.97 Å². The second-order valence-corrected chi connectivity index (χ2v) is 6.66. The van der Waals surface area contributed by atoms with Crippen molar-refractivity contribution in [3.8, 4) is 0 Å². The van der Waals surface area contributed by atoms with Gasteiger partial charge < -0.3 is 4.74 Å². The molecule has 11 heteroatoms. The number of alkyl halides is 8. The van der Waals surface area contributed by atoms with Gasteiger partial charge in [0.2, 0.25) is 0 Å². The summed E-state index contributed by atoms with van der Waals surface area (Å²) in [7, 11) is 0. The van der Waals surface area contributed by atoms with Crippen LogP contribution >= 0.6 is 0 Å². The fourth-order valence-electron chi connectivity index (χ4n) is 2.61. The third-order valence-corrected chi connectivity index (χ3v) is 4.15. The van der Waals surface area contributed by atoms with Crippen molar-refractivity contribution in [2.75, 3.05) is 0 Å². The molecule has 1 heterocycles. The Morgan fingerprint density at radius 1 is 0.933 bits per heavy atom. The summed E-state index contributed by atoms with van der Waals surface area (Å²) in [6.45, 7) is 2.98. The van der Waals surface area contributed by atoms with Crippen molar-refractivity contribution in [2.24, 2.45) is 0 Å². The van der Waals surface area contributed by atoms with Crippen molar-refractivity contribution in [2.45, 2.75) is 45.2 Å². The lowest BCUT2D eigenvalue weighted by molar-refractivity contribution is -0.143. The van der Waals surface area contributed by atoms with Gasteiger partial charge in [-0.15, -0.1) is 0 Å². The number of hydrogen-bond donors (Lipinski definition) is 0. The molecule has 0 radical (unpaired) electrons. The van der Waals surface area contributed by atoms with E-state index in [1.165, 1.54) is 6.92 Å². The standard InChI is InChI=1S/C19H15F8NO2/c1-9-8-28-15(7-14(9)17(3,20)21)16(29)30-10(2)11-4-12(18(22,23)24)6-13(5-11)19(25,26)27/h4-8,10H,1-3H3/t10-/m1/s1. The SMILES string of the molecule is Cc1cnc(C(=O)O[C@H](C)c2cc(C(F)(F)F)cc(C(F)(F)F)c2)cc1C(C)(F)F. The molecule has 0 N–H and O–H groups in total. The van der Waals surface area contributed by atoms with Crippen LogP contribution in [0.2, 0.25) is 0 Å². The largest absolute Gasteiger partial charge is 0.453 e. The number of esters is 1. The molecule has 0 saturated heterocycles. The maximum absolute atomic E-state index is 13.6. The number of aryl methyl sites for hydroxylation is 1. The zero-order valence-electron chi connectivity index (χ0n) is 15.8. The molecule has 3 nitrogen and oxygen atoms in total. The first-order chi connectivity index (χ1) is 13.5. The zero-order chi connectivity index (χ0) is 23.1. The van der Waals surface area contributed by atoms with Gasteiger partial charge in [0, 0.05) is 18.7 Å². The quantitative estimate of drug-likeness (QED) is 0.404. The van der Waals surface area contributed by atoms with Crippen LogP contribution in [-0.4, -0.2) is 11.0 Å². The molecule has 0 aliphatic heterocycles. The van der Waals surface area contributed by atoms with Crippen molar-refractivity contribution in [1.29, 1.82) is 0 Å². The van der Waals surface area contributed by atoms with Gasteiger partial charge in [0.1, 0.15) is 11.8 Å². The van der Waals surface area contributed by atoms with Crippen LogP contribution in [0.25, 0.3) is 0 Å². The molecule has 0 unspecified atom stereocenters. The second-order valence-electron chi connectivity index (χ2n) is 6.66. The number of rotatable bonds is 4. The molecule has 0 amide bonds. The molecular weight excluding hydrogens is 426 g/mol. The van der Waals surface area contributed by atoms with Crippen LogP contribution in [-0.2, 0) is 23.0 Å². The summed E-state index contributed by atoms with van der Waals surface area (Å²) in [4.78, 5) is 15.9. The monoisotopic (exact) mass is 441 g/mol. The number of hydrogen-bond acceptors (Lipinski definition) is 3. The number of carbonyl (C=O) groups is 1. The Morgan fingerprint density at radius 2 is 1.43 bits per heavy atom. The zero-order valence-corrected chi connectivity index (χ0v) is 15.8. The van der Waals surface area contributed by atoms with Crippen molar-refractivity contribution < 1.29 is 44.7 Å². The first-order valence-corrected chi connectivity index (χ1v) is 8.35. The molecule has 164 valence electrons. The lowest BCUT2D eigenvalue weighted by Crippen LogP contribution is -2.17. The lowest BCUT2D eigenvalue weighted by atomic mass is 10.0. The first-order valence-electron chi connectivity index (χ1n) is 8.35. The van der Waals surface area contributed by atoms with E-state index < -0.39 is 58.3 Å². The molecule has 1 aromatic heterocycles. The van der Waals surface area contributed by atoms with Crippen LogP contribution < -0.4 is 0 Å². The highest BCUT2D eigenvalue weighted by Gasteiger charge is 2.37. The lowest BCUT2D eigenvalue weighted by Gasteiger charge is -2.19. The Morgan fingerprint density at radius 3 is 1.87 bits per heavy atom. The summed E-state index contributed by atoms with van der Waals surface area (Å²) >= 11 is 0. The number of pyridine rings is 1. The van der Waals surface area contributed by atoms with Gasteiger partial charge in [-0.05, 0) is 49.2 Å². The van der Waals surface area contributed by atoms with E-state index >= 15 is 0 Å². The molecule has 0 aliphatic rings. The van der Waals surface area contributed by atoms with Crippen molar-refractivity contribution in [1.82, 2.24) is 4.98 Å². The van der Waals surface area contributed by atoms with E-state index in [1.54, 1.807) is 0 Å². The smallest absolute Gasteiger partial charge is 0.416 e. The first kappa shape index (κ1) is 23.6. The van der Waals surface area contributed by atoms with Gasteiger partial charge in [0.15, 0.2) is 0 Å². The van der Waals surface area contributed by atoms with Crippen LogP contribution in [0.3, 0.4) is 0 Å². The van der Waals surface area contributed by atoms with E-state index in [4.69, 9.17) is 4.74 Å². The summed E-state index contributed by atoms with van der Waals surface area (Å²) in [5.74, 6) is -4.59. The molecule has 2 aromatic rings. The molecule has 1 aromatic carbocycles. The fourth-order valence-corrected chi connectivity index (χ4v) is 2.61. The average molecular weight is 441 g/mol. The van der Waals surface area contributed by atoms with Crippen LogP contribution in [0.15, 0.2) is 30.5 Å². The highest BCUT2D eigenvalue weighted by molar-refractivity contribution is 5.87. The number of benzene rings is 1. The topological polar surface area (TPSA) is 39.2 Å². The highest BCUT2D eigenvalue weighted by Crippen LogP contribution is 2.38. The maximum atomic E-state index is 13.6. The van der Waals surface area contributed by atoms with Gasteiger partial charge in [-0.3, -0.25) is 0 Å². The summed E-state index contributed by atoms with van der Waals surface area (Å²) in [5, 5.41) is 0.